The van der Waals surface area contributed by atoms with Crippen LogP contribution in [-0.4, -0.2) is 11.8 Å². The van der Waals surface area contributed by atoms with Crippen LogP contribution in [0.2, 0.25) is 0 Å². The third-order valence-corrected chi connectivity index (χ3v) is 3.80. The Morgan fingerprint density at radius 2 is 1.91 bits per heavy atom. The average molecular weight is 294 g/mol. The number of amides is 2. The minimum absolute atomic E-state index is 0.0340. The molecule has 1 aliphatic heterocycles. The molecule has 0 saturated heterocycles. The van der Waals surface area contributed by atoms with Gasteiger partial charge >= 0.3 is 0 Å². The van der Waals surface area contributed by atoms with Crippen LogP contribution in [0.1, 0.15) is 36.8 Å². The first-order valence-corrected chi connectivity index (χ1v) is 7.49. The van der Waals surface area contributed by atoms with Crippen molar-refractivity contribution in [1.82, 2.24) is 0 Å². The van der Waals surface area contributed by atoms with Crippen molar-refractivity contribution in [2.24, 2.45) is 0 Å². The normalized spacial score (nSPS) is 16.0. The fourth-order valence-electron chi connectivity index (χ4n) is 2.81. The van der Waals surface area contributed by atoms with Crippen LogP contribution in [0.25, 0.3) is 0 Å². The van der Waals surface area contributed by atoms with E-state index in [-0.39, 0.29) is 17.7 Å². The van der Waals surface area contributed by atoms with Crippen LogP contribution in [0.5, 0.6) is 0 Å². The van der Waals surface area contributed by atoms with Gasteiger partial charge in [-0.25, -0.2) is 0 Å². The van der Waals surface area contributed by atoms with Crippen molar-refractivity contribution in [2.45, 2.75) is 25.7 Å². The summed E-state index contributed by atoms with van der Waals surface area (Å²) in [6.07, 6.45) is 1.26. The summed E-state index contributed by atoms with van der Waals surface area (Å²) in [5, 5.41) is 5.79. The van der Waals surface area contributed by atoms with Crippen molar-refractivity contribution < 1.29 is 9.59 Å². The predicted octanol–water partition coefficient (Wildman–Crippen LogP) is 3.51. The number of nitrogens with one attached hydrogen (secondary N) is 2. The predicted molar refractivity (Wildman–Crippen MR) is 86.9 cm³/mol. The second-order valence-electron chi connectivity index (χ2n) is 5.40. The van der Waals surface area contributed by atoms with Crippen LogP contribution in [0.15, 0.2) is 48.5 Å². The lowest BCUT2D eigenvalue weighted by Crippen LogP contribution is -2.14. The molecule has 0 bridgehead atoms. The second-order valence-corrected chi connectivity index (χ2v) is 5.40. The molecule has 0 aromatic heterocycles. The molecule has 0 saturated carbocycles. The average Bonchev–Trinajstić information content (AvgIpc) is 2.85. The maximum atomic E-state index is 12.4. The highest BCUT2D eigenvalue weighted by atomic mass is 16.2. The summed E-state index contributed by atoms with van der Waals surface area (Å²) in [6.45, 7) is 1.96. The van der Waals surface area contributed by atoms with E-state index < -0.39 is 0 Å². The topological polar surface area (TPSA) is 58.2 Å². The van der Waals surface area contributed by atoms with Gasteiger partial charge in [0.05, 0.1) is 17.3 Å². The molecular weight excluding hydrogens is 276 g/mol. The molecular formula is C18H18N2O2. The Morgan fingerprint density at radius 1 is 1.14 bits per heavy atom. The van der Waals surface area contributed by atoms with Gasteiger partial charge in [-0.2, -0.15) is 0 Å². The van der Waals surface area contributed by atoms with Gasteiger partial charge < -0.3 is 10.6 Å². The number of fused-ring (bicyclic) bond motifs is 1. The zero-order valence-corrected chi connectivity index (χ0v) is 12.4. The Labute approximate surface area is 129 Å². The zero-order chi connectivity index (χ0) is 15.5. The molecule has 1 unspecified atom stereocenters. The van der Waals surface area contributed by atoms with Gasteiger partial charge in [-0.05, 0) is 23.6 Å². The SMILES string of the molecule is CCCC(=O)Nc1cccc2c1NC(=O)C2c1ccccc1. The van der Waals surface area contributed by atoms with E-state index in [2.05, 4.69) is 10.6 Å². The third kappa shape index (κ3) is 2.60. The number of benzene rings is 2. The van der Waals surface area contributed by atoms with Crippen molar-refractivity contribution in [3.63, 3.8) is 0 Å². The second kappa shape index (κ2) is 6.02. The van der Waals surface area contributed by atoms with E-state index >= 15 is 0 Å². The molecule has 112 valence electrons. The molecule has 0 radical (unpaired) electrons. The Bertz CT molecular complexity index is 710. The number of para-hydroxylation sites is 1. The van der Waals surface area contributed by atoms with E-state index in [0.29, 0.717) is 17.8 Å². The van der Waals surface area contributed by atoms with Crippen molar-refractivity contribution >= 4 is 23.2 Å². The van der Waals surface area contributed by atoms with Crippen LogP contribution in [-0.2, 0) is 9.59 Å². The highest BCUT2D eigenvalue weighted by Crippen LogP contribution is 2.41. The Morgan fingerprint density at radius 3 is 2.64 bits per heavy atom. The monoisotopic (exact) mass is 294 g/mol. The van der Waals surface area contributed by atoms with E-state index in [9.17, 15) is 9.59 Å². The molecule has 2 aromatic rings. The van der Waals surface area contributed by atoms with Crippen LogP contribution in [0.3, 0.4) is 0 Å². The highest BCUT2D eigenvalue weighted by Gasteiger charge is 2.33. The van der Waals surface area contributed by atoms with Crippen LogP contribution in [0, 0.1) is 0 Å². The van der Waals surface area contributed by atoms with E-state index in [4.69, 9.17) is 0 Å². The lowest BCUT2D eigenvalue weighted by Gasteiger charge is -2.11. The minimum Gasteiger partial charge on any atom is -0.324 e. The van der Waals surface area contributed by atoms with Gasteiger partial charge in [0.15, 0.2) is 0 Å². The summed E-state index contributed by atoms with van der Waals surface area (Å²) >= 11 is 0. The first kappa shape index (κ1) is 14.3. The molecule has 1 atom stereocenters. The Kier molecular flexibility index (Phi) is 3.92. The van der Waals surface area contributed by atoms with Crippen LogP contribution in [0.4, 0.5) is 11.4 Å². The number of hydrogen-bond acceptors (Lipinski definition) is 2. The lowest BCUT2D eigenvalue weighted by atomic mass is 9.92. The maximum Gasteiger partial charge on any atom is 0.236 e. The Hall–Kier alpha value is -2.62. The van der Waals surface area contributed by atoms with Crippen LogP contribution >= 0.6 is 0 Å². The number of carbonyl (C=O) groups is 2. The van der Waals surface area contributed by atoms with Gasteiger partial charge in [0.25, 0.3) is 0 Å². The molecule has 0 fully saturated rings. The minimum atomic E-state index is -0.320. The van der Waals surface area contributed by atoms with Gasteiger partial charge in [0.2, 0.25) is 11.8 Å². The van der Waals surface area contributed by atoms with E-state index in [1.54, 1.807) is 0 Å². The van der Waals surface area contributed by atoms with E-state index in [1.165, 1.54) is 0 Å². The number of carbonyl (C=O) groups excluding carboxylic acids is 2. The van der Waals surface area contributed by atoms with Crippen molar-refractivity contribution in [2.75, 3.05) is 10.6 Å². The third-order valence-electron chi connectivity index (χ3n) is 3.80. The summed E-state index contributed by atoms with van der Waals surface area (Å²) in [5.41, 5.74) is 3.25. The maximum absolute atomic E-state index is 12.4. The molecule has 0 aliphatic carbocycles. The summed E-state index contributed by atoms with van der Waals surface area (Å²) in [4.78, 5) is 24.2. The van der Waals surface area contributed by atoms with Gasteiger partial charge in [-0.3, -0.25) is 9.59 Å². The summed E-state index contributed by atoms with van der Waals surface area (Å²) in [7, 11) is 0. The van der Waals surface area contributed by atoms with Gasteiger partial charge in [-0.1, -0.05) is 49.4 Å². The van der Waals surface area contributed by atoms with Gasteiger partial charge in [0, 0.05) is 6.42 Å². The van der Waals surface area contributed by atoms with Crippen molar-refractivity contribution in [3.8, 4) is 0 Å². The first-order chi connectivity index (χ1) is 10.7. The quantitative estimate of drug-likeness (QED) is 0.906. The molecule has 1 aliphatic rings. The smallest absolute Gasteiger partial charge is 0.236 e. The molecule has 22 heavy (non-hydrogen) atoms. The molecule has 2 N–H and O–H groups in total. The Balaban J connectivity index is 1.96. The molecule has 4 heteroatoms. The number of anilines is 2. The molecule has 2 aromatic carbocycles. The molecule has 0 spiro atoms. The van der Waals surface area contributed by atoms with Gasteiger partial charge in [-0.15, -0.1) is 0 Å². The van der Waals surface area contributed by atoms with Gasteiger partial charge in [0.1, 0.15) is 0 Å². The standard InChI is InChI=1S/C18H18N2O2/c1-2-7-15(21)19-14-11-6-10-13-16(18(22)20-17(13)14)12-8-4-3-5-9-12/h3-6,8-11,16H,2,7H2,1H3,(H,19,21)(H,20,22). The fourth-order valence-corrected chi connectivity index (χ4v) is 2.81. The van der Waals surface area contributed by atoms with Crippen molar-refractivity contribution in [3.05, 3.63) is 59.7 Å². The fraction of sp³-hybridized carbons (Fsp3) is 0.222. The highest BCUT2D eigenvalue weighted by molar-refractivity contribution is 6.09. The number of rotatable bonds is 4. The molecule has 3 rings (SSSR count). The van der Waals surface area contributed by atoms with E-state index in [0.717, 1.165) is 17.5 Å². The first-order valence-electron chi connectivity index (χ1n) is 7.49. The zero-order valence-electron chi connectivity index (χ0n) is 12.4. The summed E-state index contributed by atoms with van der Waals surface area (Å²) in [6, 6.07) is 15.3. The molecule has 4 nitrogen and oxygen atoms in total. The summed E-state index contributed by atoms with van der Waals surface area (Å²) in [5.74, 6) is -0.411. The molecule has 1 heterocycles. The molecule has 2 amide bonds. The van der Waals surface area contributed by atoms with Crippen LogP contribution < -0.4 is 10.6 Å². The summed E-state index contributed by atoms with van der Waals surface area (Å²) < 4.78 is 0. The number of hydrogen-bond donors (Lipinski definition) is 2. The lowest BCUT2D eigenvalue weighted by molar-refractivity contribution is -0.117. The largest absolute Gasteiger partial charge is 0.324 e. The van der Waals surface area contributed by atoms with E-state index in [1.807, 2.05) is 55.5 Å². The van der Waals surface area contributed by atoms with Crippen molar-refractivity contribution in [1.29, 1.82) is 0 Å².